The lowest BCUT2D eigenvalue weighted by molar-refractivity contribution is 0.233. The van der Waals surface area contributed by atoms with E-state index in [2.05, 4.69) is 37.0 Å². The number of unbranched alkanes of at least 4 members (excludes halogenated alkanes) is 1. The lowest BCUT2D eigenvalue weighted by Crippen LogP contribution is -2.26. The topological polar surface area (TPSA) is 25.6 Å². The smallest absolute Gasteiger partial charge is 0.117 e. The average molecular weight is 352 g/mol. The molecular formula is C22H41NO2. The quantitative estimate of drug-likeness (QED) is 0.427. The van der Waals surface area contributed by atoms with Crippen LogP contribution in [0.4, 0.5) is 0 Å². The van der Waals surface area contributed by atoms with Crippen molar-refractivity contribution in [3.8, 4) is 0 Å². The third-order valence-corrected chi connectivity index (χ3v) is 3.25. The highest BCUT2D eigenvalue weighted by molar-refractivity contribution is 5.20. The second kappa shape index (κ2) is 20.7. The fourth-order valence-electron chi connectivity index (χ4n) is 2.22. The van der Waals surface area contributed by atoms with Gasteiger partial charge < -0.3 is 9.15 Å². The molecule has 0 radical (unpaired) electrons. The minimum Gasteiger partial charge on any atom is -0.468 e. The van der Waals surface area contributed by atoms with Crippen molar-refractivity contribution >= 4 is 0 Å². The summed E-state index contributed by atoms with van der Waals surface area (Å²) in [7, 11) is 1.72. The van der Waals surface area contributed by atoms with Crippen LogP contribution in [0.2, 0.25) is 0 Å². The highest BCUT2D eigenvalue weighted by Gasteiger charge is 2.08. The summed E-state index contributed by atoms with van der Waals surface area (Å²) in [6, 6.07) is 4.00. The van der Waals surface area contributed by atoms with Crippen molar-refractivity contribution in [3.63, 3.8) is 0 Å². The number of allylic oxidation sites excluding steroid dienone is 1. The molecule has 0 saturated heterocycles. The summed E-state index contributed by atoms with van der Waals surface area (Å²) in [4.78, 5) is 2.45. The van der Waals surface area contributed by atoms with Crippen LogP contribution in [0.3, 0.4) is 0 Å². The summed E-state index contributed by atoms with van der Waals surface area (Å²) in [6.45, 7) is 16.0. The van der Waals surface area contributed by atoms with Crippen molar-refractivity contribution in [3.05, 3.63) is 48.0 Å². The van der Waals surface area contributed by atoms with Crippen molar-refractivity contribution in [2.45, 2.75) is 67.3 Å². The minimum absolute atomic E-state index is 0.661. The van der Waals surface area contributed by atoms with E-state index in [9.17, 15) is 0 Å². The second-order valence-electron chi connectivity index (χ2n) is 5.19. The Morgan fingerprint density at radius 1 is 1.20 bits per heavy atom. The molecule has 3 heteroatoms. The van der Waals surface area contributed by atoms with E-state index >= 15 is 0 Å². The number of rotatable bonds is 11. The fourth-order valence-corrected chi connectivity index (χ4v) is 2.22. The lowest BCUT2D eigenvalue weighted by Gasteiger charge is -2.21. The molecule has 1 aromatic heterocycles. The number of nitrogens with zero attached hydrogens (tertiary/aromatic N) is 1. The molecule has 0 N–H and O–H groups in total. The molecule has 0 bridgehead atoms. The van der Waals surface area contributed by atoms with E-state index in [0.29, 0.717) is 6.61 Å². The Hall–Kier alpha value is -1.32. The van der Waals surface area contributed by atoms with Gasteiger partial charge in [-0.25, -0.2) is 0 Å². The molecular weight excluding hydrogens is 310 g/mol. The van der Waals surface area contributed by atoms with E-state index in [1.54, 1.807) is 13.4 Å². The van der Waals surface area contributed by atoms with Crippen molar-refractivity contribution in [2.75, 3.05) is 26.8 Å². The molecule has 25 heavy (non-hydrogen) atoms. The molecule has 1 aromatic rings. The zero-order chi connectivity index (χ0) is 19.3. The summed E-state index contributed by atoms with van der Waals surface area (Å²) >= 11 is 0. The summed E-state index contributed by atoms with van der Waals surface area (Å²) in [5.41, 5.74) is 1.34. The van der Waals surface area contributed by atoms with Crippen LogP contribution in [-0.2, 0) is 11.3 Å². The number of methoxy groups -OCH3 is 1. The van der Waals surface area contributed by atoms with E-state index in [0.717, 1.165) is 31.8 Å². The highest BCUT2D eigenvalue weighted by atomic mass is 16.5. The Balaban J connectivity index is 0. The van der Waals surface area contributed by atoms with Gasteiger partial charge in [-0.15, -0.1) is 0 Å². The van der Waals surface area contributed by atoms with Gasteiger partial charge in [0, 0.05) is 13.7 Å². The Morgan fingerprint density at radius 3 is 2.44 bits per heavy atom. The van der Waals surface area contributed by atoms with Gasteiger partial charge in [-0.2, -0.15) is 0 Å². The van der Waals surface area contributed by atoms with Crippen LogP contribution in [0.5, 0.6) is 0 Å². The van der Waals surface area contributed by atoms with E-state index in [1.165, 1.54) is 18.4 Å². The van der Waals surface area contributed by atoms with E-state index in [1.807, 2.05) is 39.8 Å². The van der Waals surface area contributed by atoms with Gasteiger partial charge in [-0.1, -0.05) is 66.2 Å². The summed E-state index contributed by atoms with van der Waals surface area (Å²) in [6.07, 6.45) is 11.8. The highest BCUT2D eigenvalue weighted by Crippen LogP contribution is 2.11. The van der Waals surface area contributed by atoms with Crippen LogP contribution in [0.25, 0.3) is 0 Å². The van der Waals surface area contributed by atoms with Gasteiger partial charge in [-0.3, -0.25) is 4.90 Å². The van der Waals surface area contributed by atoms with Crippen molar-refractivity contribution in [2.24, 2.45) is 0 Å². The molecule has 0 unspecified atom stereocenters. The minimum atomic E-state index is 0.661. The normalized spacial score (nSPS) is 11.1. The standard InChI is InChI=1S/C18H29NO2.2C2H6/c1-4-6-12-19(16-18-11-8-14-21-18)15-17(9-5-2)10-7-13-20-3;2*1-2/h7-11,14H,4-6,12-13,15-16H2,1-3H3;2*1-2H3/b10-7-,17-9+;;. The molecule has 146 valence electrons. The summed E-state index contributed by atoms with van der Waals surface area (Å²) in [5.74, 6) is 1.03. The first kappa shape index (κ1) is 25.9. The maximum absolute atomic E-state index is 5.48. The molecule has 1 heterocycles. The van der Waals surface area contributed by atoms with Crippen LogP contribution in [0.1, 0.15) is 66.6 Å². The largest absolute Gasteiger partial charge is 0.468 e. The monoisotopic (exact) mass is 351 g/mol. The van der Waals surface area contributed by atoms with Crippen LogP contribution >= 0.6 is 0 Å². The number of hydrogen-bond donors (Lipinski definition) is 0. The lowest BCUT2D eigenvalue weighted by atomic mass is 10.1. The van der Waals surface area contributed by atoms with Gasteiger partial charge in [0.25, 0.3) is 0 Å². The van der Waals surface area contributed by atoms with Crippen molar-refractivity contribution in [1.29, 1.82) is 0 Å². The van der Waals surface area contributed by atoms with Gasteiger partial charge in [0.05, 0.1) is 19.4 Å². The maximum atomic E-state index is 5.48. The molecule has 1 rings (SSSR count). The first-order valence-electron chi connectivity index (χ1n) is 9.89. The molecule has 0 aliphatic rings. The zero-order valence-corrected chi connectivity index (χ0v) is 17.7. The molecule has 0 atom stereocenters. The number of ether oxygens (including phenoxy) is 1. The molecule has 0 aliphatic carbocycles. The van der Waals surface area contributed by atoms with Gasteiger partial charge in [0.1, 0.15) is 5.76 Å². The Labute approximate surface area is 156 Å². The number of hydrogen-bond acceptors (Lipinski definition) is 3. The zero-order valence-electron chi connectivity index (χ0n) is 17.7. The molecule has 3 nitrogen and oxygen atoms in total. The van der Waals surface area contributed by atoms with Crippen molar-refractivity contribution in [1.82, 2.24) is 4.90 Å². The average Bonchev–Trinajstić information content (AvgIpc) is 3.16. The van der Waals surface area contributed by atoms with Crippen LogP contribution in [-0.4, -0.2) is 31.7 Å². The Kier molecular flexibility index (Phi) is 21.5. The molecule has 0 aromatic carbocycles. The number of furan rings is 1. The molecule has 0 amide bonds. The van der Waals surface area contributed by atoms with Gasteiger partial charge in [0.2, 0.25) is 0 Å². The van der Waals surface area contributed by atoms with Gasteiger partial charge >= 0.3 is 0 Å². The van der Waals surface area contributed by atoms with Crippen LogP contribution in [0.15, 0.2) is 46.6 Å². The van der Waals surface area contributed by atoms with Crippen LogP contribution in [0, 0.1) is 0 Å². The Bertz CT molecular complexity index is 408. The fraction of sp³-hybridized carbons (Fsp3) is 0.636. The first-order chi connectivity index (χ1) is 12.3. The summed E-state index contributed by atoms with van der Waals surface area (Å²) < 4.78 is 10.6. The summed E-state index contributed by atoms with van der Waals surface area (Å²) in [5, 5.41) is 0. The second-order valence-corrected chi connectivity index (χ2v) is 5.19. The molecule has 0 saturated carbocycles. The third-order valence-electron chi connectivity index (χ3n) is 3.25. The van der Waals surface area contributed by atoms with Crippen LogP contribution < -0.4 is 0 Å². The first-order valence-corrected chi connectivity index (χ1v) is 9.89. The molecule has 0 fully saturated rings. The van der Waals surface area contributed by atoms with E-state index < -0.39 is 0 Å². The predicted molar refractivity (Wildman–Crippen MR) is 111 cm³/mol. The van der Waals surface area contributed by atoms with Gasteiger partial charge in [0.15, 0.2) is 0 Å². The predicted octanol–water partition coefficient (Wildman–Crippen LogP) is 6.47. The maximum Gasteiger partial charge on any atom is 0.117 e. The van der Waals surface area contributed by atoms with E-state index in [4.69, 9.17) is 9.15 Å². The third kappa shape index (κ3) is 14.7. The van der Waals surface area contributed by atoms with Gasteiger partial charge in [-0.05, 0) is 37.1 Å². The van der Waals surface area contributed by atoms with E-state index in [-0.39, 0.29) is 0 Å². The Morgan fingerprint density at radius 2 is 1.92 bits per heavy atom. The molecule has 0 aliphatic heterocycles. The SMILES string of the molecule is CC.CC.CC/C=C(\C=C/COC)CN(CCCC)Cc1ccco1. The molecule has 0 spiro atoms. The van der Waals surface area contributed by atoms with Crippen molar-refractivity contribution < 1.29 is 9.15 Å².